The van der Waals surface area contributed by atoms with Crippen LogP contribution in [0.25, 0.3) is 21.7 Å². The zero-order valence-electron chi connectivity index (χ0n) is 11.0. The van der Waals surface area contributed by atoms with E-state index >= 15 is 0 Å². The summed E-state index contributed by atoms with van der Waals surface area (Å²) in [7, 11) is 0. The highest BCUT2D eigenvalue weighted by molar-refractivity contribution is 6.36. The van der Waals surface area contributed by atoms with E-state index in [-0.39, 0.29) is 11.9 Å². The molecule has 1 aromatic carbocycles. The van der Waals surface area contributed by atoms with Crippen LogP contribution < -0.4 is 4.74 Å². The highest BCUT2D eigenvalue weighted by atomic mass is 35.5. The molecule has 3 rings (SSSR count). The van der Waals surface area contributed by atoms with Crippen LogP contribution in [-0.4, -0.2) is 16.1 Å². The number of pyridine rings is 2. The van der Waals surface area contributed by atoms with Crippen LogP contribution in [0, 0.1) is 5.82 Å². The van der Waals surface area contributed by atoms with Crippen molar-refractivity contribution < 1.29 is 9.13 Å². The van der Waals surface area contributed by atoms with Gasteiger partial charge in [0.2, 0.25) is 5.88 Å². The first-order chi connectivity index (χ1) is 9.56. The standard InChI is InChI=1S/C15H12ClFN2O/c1-8(2)20-15-10-4-3-9(17)7-11(10)13-12(19-15)5-6-18-14(13)16/h3-8H,1-2H3. The molecule has 0 fully saturated rings. The van der Waals surface area contributed by atoms with Gasteiger partial charge in [0, 0.05) is 22.4 Å². The molecule has 0 aliphatic rings. The Balaban J connectivity index is 2.45. The van der Waals surface area contributed by atoms with Gasteiger partial charge in [-0.25, -0.2) is 14.4 Å². The summed E-state index contributed by atoms with van der Waals surface area (Å²) in [6, 6.07) is 6.20. The van der Waals surface area contributed by atoms with Crippen LogP contribution in [0.1, 0.15) is 13.8 Å². The quantitative estimate of drug-likeness (QED) is 0.519. The molecule has 0 spiro atoms. The molecule has 3 nitrogen and oxygen atoms in total. The maximum absolute atomic E-state index is 13.6. The molecule has 0 amide bonds. The Morgan fingerprint density at radius 2 is 2.00 bits per heavy atom. The molecule has 0 saturated carbocycles. The number of rotatable bonds is 2. The molecule has 0 unspecified atom stereocenters. The van der Waals surface area contributed by atoms with Gasteiger partial charge in [0.1, 0.15) is 11.0 Å². The summed E-state index contributed by atoms with van der Waals surface area (Å²) in [5.41, 5.74) is 0.638. The van der Waals surface area contributed by atoms with Crippen LogP contribution in [-0.2, 0) is 0 Å². The maximum Gasteiger partial charge on any atom is 0.222 e. The van der Waals surface area contributed by atoms with Gasteiger partial charge in [0.25, 0.3) is 0 Å². The number of aromatic nitrogens is 2. The summed E-state index contributed by atoms with van der Waals surface area (Å²) >= 11 is 6.13. The second-order valence-electron chi connectivity index (χ2n) is 4.77. The molecule has 0 saturated heterocycles. The molecule has 0 atom stereocenters. The molecule has 0 bridgehead atoms. The minimum Gasteiger partial charge on any atom is -0.474 e. The van der Waals surface area contributed by atoms with Crippen LogP contribution in [0.4, 0.5) is 4.39 Å². The number of hydrogen-bond acceptors (Lipinski definition) is 3. The fourth-order valence-electron chi connectivity index (χ4n) is 2.16. The van der Waals surface area contributed by atoms with Crippen molar-refractivity contribution in [3.63, 3.8) is 0 Å². The number of ether oxygens (including phenoxy) is 1. The Labute approximate surface area is 120 Å². The Kier molecular flexibility index (Phi) is 3.18. The van der Waals surface area contributed by atoms with E-state index in [0.29, 0.717) is 27.3 Å². The normalized spacial score (nSPS) is 11.4. The van der Waals surface area contributed by atoms with Crippen molar-refractivity contribution in [1.29, 1.82) is 0 Å². The topological polar surface area (TPSA) is 35.0 Å². The van der Waals surface area contributed by atoms with Gasteiger partial charge in [-0.1, -0.05) is 11.6 Å². The predicted octanol–water partition coefficient (Wildman–Crippen LogP) is 4.36. The van der Waals surface area contributed by atoms with Gasteiger partial charge >= 0.3 is 0 Å². The molecular weight excluding hydrogens is 279 g/mol. The zero-order valence-corrected chi connectivity index (χ0v) is 11.8. The van der Waals surface area contributed by atoms with Crippen molar-refractivity contribution in [2.75, 3.05) is 0 Å². The molecule has 0 radical (unpaired) electrons. The summed E-state index contributed by atoms with van der Waals surface area (Å²) in [6.45, 7) is 3.83. The lowest BCUT2D eigenvalue weighted by Gasteiger charge is -2.13. The molecule has 2 heterocycles. The number of halogens is 2. The van der Waals surface area contributed by atoms with Crippen molar-refractivity contribution in [1.82, 2.24) is 9.97 Å². The van der Waals surface area contributed by atoms with E-state index in [9.17, 15) is 4.39 Å². The van der Waals surface area contributed by atoms with Gasteiger partial charge in [-0.05, 0) is 38.1 Å². The first-order valence-electron chi connectivity index (χ1n) is 6.26. The van der Waals surface area contributed by atoms with Gasteiger partial charge in [-0.2, -0.15) is 0 Å². The molecule has 3 aromatic rings. The van der Waals surface area contributed by atoms with E-state index in [1.165, 1.54) is 12.1 Å². The van der Waals surface area contributed by atoms with E-state index < -0.39 is 0 Å². The van der Waals surface area contributed by atoms with Crippen molar-refractivity contribution in [3.05, 3.63) is 41.4 Å². The maximum atomic E-state index is 13.6. The Bertz CT molecular complexity index is 805. The minimum absolute atomic E-state index is 0.0227. The summed E-state index contributed by atoms with van der Waals surface area (Å²) in [5, 5.41) is 2.33. The van der Waals surface area contributed by atoms with Crippen molar-refractivity contribution in [2.45, 2.75) is 20.0 Å². The average molecular weight is 291 g/mol. The summed E-state index contributed by atoms with van der Waals surface area (Å²) in [4.78, 5) is 8.50. The van der Waals surface area contributed by atoms with E-state index in [0.717, 1.165) is 5.39 Å². The number of hydrogen-bond donors (Lipinski definition) is 0. The third kappa shape index (κ3) is 2.16. The van der Waals surface area contributed by atoms with Crippen LogP contribution in [0.5, 0.6) is 5.88 Å². The third-order valence-electron chi connectivity index (χ3n) is 2.93. The third-order valence-corrected chi connectivity index (χ3v) is 3.22. The summed E-state index contributed by atoms with van der Waals surface area (Å²) < 4.78 is 19.3. The monoisotopic (exact) mass is 290 g/mol. The Hall–Kier alpha value is -1.94. The van der Waals surface area contributed by atoms with Gasteiger partial charge < -0.3 is 4.74 Å². The van der Waals surface area contributed by atoms with Gasteiger partial charge in [-0.3, -0.25) is 0 Å². The van der Waals surface area contributed by atoms with Crippen LogP contribution >= 0.6 is 11.6 Å². The number of nitrogens with zero attached hydrogens (tertiary/aromatic N) is 2. The van der Waals surface area contributed by atoms with E-state index in [1.54, 1.807) is 18.3 Å². The summed E-state index contributed by atoms with van der Waals surface area (Å²) in [5.74, 6) is 0.144. The van der Waals surface area contributed by atoms with Crippen LogP contribution in [0.15, 0.2) is 30.5 Å². The smallest absolute Gasteiger partial charge is 0.222 e. The lowest BCUT2D eigenvalue weighted by Crippen LogP contribution is -2.07. The molecule has 0 N–H and O–H groups in total. The van der Waals surface area contributed by atoms with Crippen molar-refractivity contribution in [2.24, 2.45) is 0 Å². The molecule has 0 aliphatic carbocycles. The minimum atomic E-state index is -0.333. The zero-order chi connectivity index (χ0) is 14.3. The number of fused-ring (bicyclic) bond motifs is 3. The van der Waals surface area contributed by atoms with Gasteiger partial charge in [0.15, 0.2) is 0 Å². The lowest BCUT2D eigenvalue weighted by atomic mass is 10.1. The van der Waals surface area contributed by atoms with E-state index in [2.05, 4.69) is 9.97 Å². The molecule has 2 aromatic heterocycles. The Morgan fingerprint density at radius 1 is 1.20 bits per heavy atom. The fourth-order valence-corrected chi connectivity index (χ4v) is 2.42. The Morgan fingerprint density at radius 3 is 2.75 bits per heavy atom. The second-order valence-corrected chi connectivity index (χ2v) is 5.13. The lowest BCUT2D eigenvalue weighted by molar-refractivity contribution is 0.237. The first-order valence-corrected chi connectivity index (χ1v) is 6.64. The highest BCUT2D eigenvalue weighted by Crippen LogP contribution is 2.34. The van der Waals surface area contributed by atoms with Crippen LogP contribution in [0.2, 0.25) is 5.15 Å². The predicted molar refractivity (Wildman–Crippen MR) is 77.8 cm³/mol. The van der Waals surface area contributed by atoms with Gasteiger partial charge in [0.05, 0.1) is 11.6 Å². The molecule has 5 heteroatoms. The largest absolute Gasteiger partial charge is 0.474 e. The SMILES string of the molecule is CC(C)Oc1nc2ccnc(Cl)c2c2cc(F)ccc12. The first kappa shape index (κ1) is 13.1. The van der Waals surface area contributed by atoms with Crippen molar-refractivity contribution in [3.8, 4) is 5.88 Å². The highest BCUT2D eigenvalue weighted by Gasteiger charge is 2.14. The molecule has 20 heavy (non-hydrogen) atoms. The molecular formula is C15H12ClFN2O. The molecule has 102 valence electrons. The fraction of sp³-hybridized carbons (Fsp3) is 0.200. The van der Waals surface area contributed by atoms with Gasteiger partial charge in [-0.15, -0.1) is 0 Å². The average Bonchev–Trinajstić information content (AvgIpc) is 2.37. The summed E-state index contributed by atoms with van der Waals surface area (Å²) in [6.07, 6.45) is 1.55. The van der Waals surface area contributed by atoms with E-state index in [4.69, 9.17) is 16.3 Å². The molecule has 0 aliphatic heterocycles. The van der Waals surface area contributed by atoms with E-state index in [1.807, 2.05) is 13.8 Å². The second kappa shape index (κ2) is 4.87. The van der Waals surface area contributed by atoms with Crippen LogP contribution in [0.3, 0.4) is 0 Å². The number of benzene rings is 1. The van der Waals surface area contributed by atoms with Crippen molar-refractivity contribution >= 4 is 33.3 Å².